The zero-order chi connectivity index (χ0) is 31.9. The van der Waals surface area contributed by atoms with Crippen LogP contribution in [0.25, 0.3) is 0 Å². The number of hydrogen-bond donors (Lipinski definition) is 3. The number of β-amino-alcohol motifs (C(OH)–C–C–N with tert-alkyl or cyclic N) is 1. The molecule has 0 spiro atoms. The summed E-state index contributed by atoms with van der Waals surface area (Å²) in [5.41, 5.74) is 3.87. The maximum Gasteiger partial charge on any atom is 0.270 e. The van der Waals surface area contributed by atoms with Crippen LogP contribution >= 0.6 is 0 Å². The van der Waals surface area contributed by atoms with Gasteiger partial charge in [-0.2, -0.15) is 0 Å². The number of nitrogens with one attached hydrogen (secondary N) is 2. The molecule has 46 heavy (non-hydrogen) atoms. The fourth-order valence-corrected chi connectivity index (χ4v) is 6.94. The van der Waals surface area contributed by atoms with E-state index in [1.54, 1.807) is 12.3 Å². The van der Waals surface area contributed by atoms with Crippen molar-refractivity contribution in [2.24, 2.45) is 5.92 Å². The normalized spacial score (nSPS) is 20.9. The molecule has 12 heteroatoms. The van der Waals surface area contributed by atoms with E-state index in [0.717, 1.165) is 82.4 Å². The quantitative estimate of drug-likeness (QED) is 0.288. The Morgan fingerprint density at radius 3 is 2.72 bits per heavy atom. The van der Waals surface area contributed by atoms with Crippen LogP contribution in [0, 0.1) is 12.8 Å². The molecule has 1 aromatic carbocycles. The highest BCUT2D eigenvalue weighted by Gasteiger charge is 2.30. The van der Waals surface area contributed by atoms with Crippen molar-refractivity contribution in [2.75, 3.05) is 38.0 Å². The summed E-state index contributed by atoms with van der Waals surface area (Å²) in [6, 6.07) is 5.92. The first-order valence-electron chi connectivity index (χ1n) is 16.6. The van der Waals surface area contributed by atoms with E-state index in [1.807, 2.05) is 6.07 Å². The molecule has 246 valence electrons. The first-order chi connectivity index (χ1) is 22.4. The number of ether oxygens (including phenoxy) is 1. The van der Waals surface area contributed by atoms with Crippen molar-refractivity contribution in [1.82, 2.24) is 30.1 Å². The van der Waals surface area contributed by atoms with Gasteiger partial charge in [-0.25, -0.2) is 15.0 Å². The van der Waals surface area contributed by atoms with E-state index >= 15 is 0 Å². The molecule has 1 saturated heterocycles. The number of aromatic nitrogens is 3. The summed E-state index contributed by atoms with van der Waals surface area (Å²) in [5, 5.41) is 17.0. The molecule has 3 aromatic rings. The number of hydrogen-bond acceptors (Lipinski definition) is 10. The predicted octanol–water partition coefficient (Wildman–Crippen LogP) is 3.48. The number of benzene rings is 1. The number of nitrogens with zero attached hydrogens (tertiary/aromatic N) is 5. The smallest absolute Gasteiger partial charge is 0.270 e. The largest absolute Gasteiger partial charge is 0.485 e. The van der Waals surface area contributed by atoms with Gasteiger partial charge in [-0.15, -0.1) is 0 Å². The van der Waals surface area contributed by atoms with E-state index in [-0.39, 0.29) is 30.1 Å². The van der Waals surface area contributed by atoms with E-state index < -0.39 is 6.10 Å². The average Bonchev–Trinajstić information content (AvgIpc) is 3.61. The van der Waals surface area contributed by atoms with Gasteiger partial charge in [-0.1, -0.05) is 6.07 Å². The van der Waals surface area contributed by atoms with E-state index in [9.17, 15) is 14.7 Å². The second-order valence-electron chi connectivity index (χ2n) is 12.8. The summed E-state index contributed by atoms with van der Waals surface area (Å²) in [6.45, 7) is 6.30. The number of rotatable bonds is 11. The molecule has 2 aliphatic heterocycles. The van der Waals surface area contributed by atoms with Crippen molar-refractivity contribution in [3.05, 3.63) is 65.3 Å². The van der Waals surface area contributed by atoms with E-state index in [0.29, 0.717) is 30.6 Å². The number of piperidine rings is 1. The summed E-state index contributed by atoms with van der Waals surface area (Å²) in [5.74, 6) is 2.19. The minimum Gasteiger partial charge on any atom is -0.485 e. The number of carbonyl (C=O) groups excluding carboxylic acids is 2. The lowest BCUT2D eigenvalue weighted by Crippen LogP contribution is -2.42. The van der Waals surface area contributed by atoms with Crippen molar-refractivity contribution >= 4 is 17.6 Å². The van der Waals surface area contributed by atoms with Gasteiger partial charge in [0.05, 0.1) is 12.3 Å². The van der Waals surface area contributed by atoms with Crippen LogP contribution in [-0.4, -0.2) is 86.5 Å². The van der Waals surface area contributed by atoms with Crippen LogP contribution in [0.1, 0.15) is 77.9 Å². The summed E-state index contributed by atoms with van der Waals surface area (Å²) in [4.78, 5) is 42.4. The molecule has 6 rings (SSSR count). The number of amides is 2. The first-order valence-corrected chi connectivity index (χ1v) is 16.6. The van der Waals surface area contributed by atoms with Crippen LogP contribution in [0.4, 0.5) is 5.82 Å². The van der Waals surface area contributed by atoms with Gasteiger partial charge in [-0.05, 0) is 81.0 Å². The molecule has 2 fully saturated rings. The second-order valence-corrected chi connectivity index (χ2v) is 12.8. The first kappa shape index (κ1) is 31.9. The van der Waals surface area contributed by atoms with Gasteiger partial charge in [0.25, 0.3) is 5.91 Å². The molecule has 12 nitrogen and oxygen atoms in total. The molecule has 0 unspecified atom stereocenters. The lowest BCUT2D eigenvalue weighted by Gasteiger charge is -2.34. The molecule has 1 atom stereocenters. The van der Waals surface area contributed by atoms with Crippen molar-refractivity contribution in [2.45, 2.75) is 83.6 Å². The topological polar surface area (TPSA) is 146 Å². The average molecular weight is 632 g/mol. The molecule has 4 heterocycles. The molecule has 3 N–H and O–H groups in total. The number of anilines is 1. The lowest BCUT2D eigenvalue weighted by atomic mass is 9.85. The second kappa shape index (κ2) is 15.0. The number of carbonyl (C=O) groups is 2. The Balaban J connectivity index is 0.931. The Kier molecular flexibility index (Phi) is 10.4. The Morgan fingerprint density at radius 2 is 1.93 bits per heavy atom. The summed E-state index contributed by atoms with van der Waals surface area (Å²) < 4.78 is 11.2. The maximum absolute atomic E-state index is 12.9. The Bertz CT molecular complexity index is 1470. The molecule has 0 bridgehead atoms. The maximum atomic E-state index is 12.9. The summed E-state index contributed by atoms with van der Waals surface area (Å²) >= 11 is 0. The number of aliphatic hydroxyl groups is 1. The van der Waals surface area contributed by atoms with Crippen molar-refractivity contribution < 1.29 is 23.8 Å². The minimum atomic E-state index is -0.724. The molecular formula is C34H45N7O5. The van der Waals surface area contributed by atoms with Crippen LogP contribution in [0.15, 0.2) is 41.5 Å². The van der Waals surface area contributed by atoms with Crippen molar-refractivity contribution in [3.63, 3.8) is 0 Å². The van der Waals surface area contributed by atoms with Gasteiger partial charge in [0.2, 0.25) is 5.91 Å². The van der Waals surface area contributed by atoms with E-state index in [4.69, 9.17) is 9.15 Å². The highest BCUT2D eigenvalue weighted by molar-refractivity contribution is 5.92. The standard InChI is InChI=1S/C34H45N7O5/c1-23-29-11-14-40(18-25(29)7-10-31(23)45-20-28-17-35-22-46-28)19-27(42)16-36-33(43)30-15-32(38-21-37-30)39-26-8-5-24(6-9-26)34(44)41-12-3-2-4-13-41/h7,10,15,17,21-22,24,26-27,42H,2-6,8-9,11-14,16,18-20H2,1H3,(H,36,43)(H,37,38,39)/t24?,26?,27-/m0/s1. The monoisotopic (exact) mass is 631 g/mol. The third-order valence-electron chi connectivity index (χ3n) is 9.53. The molecular weight excluding hydrogens is 586 g/mol. The predicted molar refractivity (Wildman–Crippen MR) is 171 cm³/mol. The van der Waals surface area contributed by atoms with Gasteiger partial charge < -0.3 is 29.8 Å². The Morgan fingerprint density at radius 1 is 1.11 bits per heavy atom. The highest BCUT2D eigenvalue weighted by Crippen LogP contribution is 2.31. The molecule has 2 amide bonds. The number of fused-ring (bicyclic) bond motifs is 1. The fourth-order valence-electron chi connectivity index (χ4n) is 6.94. The van der Waals surface area contributed by atoms with Crippen LogP contribution in [0.2, 0.25) is 0 Å². The highest BCUT2D eigenvalue weighted by atomic mass is 16.5. The number of oxazole rings is 1. The number of likely N-dealkylation sites (tertiary alicyclic amines) is 1. The molecule has 0 radical (unpaired) electrons. The molecule has 1 saturated carbocycles. The summed E-state index contributed by atoms with van der Waals surface area (Å²) in [7, 11) is 0. The van der Waals surface area contributed by atoms with E-state index in [1.165, 1.54) is 30.3 Å². The van der Waals surface area contributed by atoms with Crippen molar-refractivity contribution in [3.8, 4) is 5.75 Å². The van der Waals surface area contributed by atoms with Gasteiger partial charge in [0.1, 0.15) is 30.2 Å². The fraction of sp³-hybridized carbons (Fsp3) is 0.559. The van der Waals surface area contributed by atoms with Gasteiger partial charge in [-0.3, -0.25) is 14.5 Å². The number of aliphatic hydroxyl groups excluding tert-OH is 1. The lowest BCUT2D eigenvalue weighted by molar-refractivity contribution is -0.137. The van der Waals surface area contributed by atoms with Crippen molar-refractivity contribution in [1.29, 1.82) is 0 Å². The van der Waals surface area contributed by atoms with Gasteiger partial charge in [0, 0.05) is 57.3 Å². The van der Waals surface area contributed by atoms with Crippen LogP contribution < -0.4 is 15.4 Å². The van der Waals surface area contributed by atoms with Gasteiger partial charge >= 0.3 is 0 Å². The summed E-state index contributed by atoms with van der Waals surface area (Å²) in [6.07, 6.45) is 11.5. The molecule has 2 aromatic heterocycles. The van der Waals surface area contributed by atoms with E-state index in [2.05, 4.69) is 48.4 Å². The molecule has 3 aliphatic rings. The zero-order valence-electron chi connectivity index (χ0n) is 26.6. The third kappa shape index (κ3) is 8.03. The zero-order valence-corrected chi connectivity index (χ0v) is 26.6. The SMILES string of the molecule is Cc1c(OCc2cnco2)ccc2c1CCN(C[C@@H](O)CNC(=O)c1cc(NC3CCC(C(=O)N4CCCCC4)CC3)ncn1)C2. The Labute approximate surface area is 269 Å². The minimum absolute atomic E-state index is 0.113. The Hall–Kier alpha value is -4.03. The van der Waals surface area contributed by atoms with Gasteiger partial charge in [0.15, 0.2) is 12.2 Å². The van der Waals surface area contributed by atoms with Crippen LogP contribution in [-0.2, 0) is 24.4 Å². The van der Waals surface area contributed by atoms with Crippen LogP contribution in [0.3, 0.4) is 0 Å². The third-order valence-corrected chi connectivity index (χ3v) is 9.53. The van der Waals surface area contributed by atoms with Crippen LogP contribution in [0.5, 0.6) is 5.75 Å². The molecule has 1 aliphatic carbocycles.